The van der Waals surface area contributed by atoms with Crippen LogP contribution in [-0.4, -0.2) is 21.0 Å². The van der Waals surface area contributed by atoms with Crippen molar-refractivity contribution in [2.75, 3.05) is 5.32 Å². The Morgan fingerprint density at radius 2 is 1.80 bits per heavy atom. The molecule has 0 spiro atoms. The van der Waals surface area contributed by atoms with Crippen molar-refractivity contribution in [1.29, 1.82) is 0 Å². The zero-order valence-corrected chi connectivity index (χ0v) is 13.4. The summed E-state index contributed by atoms with van der Waals surface area (Å²) in [4.78, 5) is 20.6. The van der Waals surface area contributed by atoms with Crippen molar-refractivity contribution in [3.05, 3.63) is 66.0 Å². The molecule has 0 fully saturated rings. The maximum atomic E-state index is 11.8. The molecule has 25 heavy (non-hydrogen) atoms. The van der Waals surface area contributed by atoms with E-state index in [1.54, 1.807) is 31.2 Å². The molecule has 6 heteroatoms. The fourth-order valence-corrected chi connectivity index (χ4v) is 2.87. The predicted octanol–water partition coefficient (Wildman–Crippen LogP) is 3.92. The molecule has 2 N–H and O–H groups in total. The normalized spacial score (nSPS) is 12.4. The lowest BCUT2D eigenvalue weighted by molar-refractivity contribution is -0.138. The highest BCUT2D eigenvalue weighted by atomic mass is 16.4. The molecular weight excluding hydrogens is 318 g/mol. The number of nitrogens with zero attached hydrogens (tertiary/aromatic N) is 2. The zero-order valence-electron chi connectivity index (χ0n) is 13.4. The Bertz CT molecular complexity index is 1070. The smallest absolute Gasteiger partial charge is 0.330 e. The maximum Gasteiger partial charge on any atom is 0.330 e. The molecule has 2 aromatic carbocycles. The lowest BCUT2D eigenvalue weighted by Gasteiger charge is -2.15. The van der Waals surface area contributed by atoms with Gasteiger partial charge in [-0.05, 0) is 24.6 Å². The molecule has 0 amide bonds. The molecule has 2 aromatic heterocycles. The van der Waals surface area contributed by atoms with Crippen molar-refractivity contribution in [3.8, 4) is 0 Å². The van der Waals surface area contributed by atoms with Crippen LogP contribution in [0, 0.1) is 6.92 Å². The molecule has 124 valence electrons. The summed E-state index contributed by atoms with van der Waals surface area (Å²) in [6.45, 7) is 1.77. The average Bonchev–Trinajstić information content (AvgIpc) is 2.99. The first-order valence-electron chi connectivity index (χ1n) is 7.83. The van der Waals surface area contributed by atoms with E-state index in [2.05, 4.69) is 15.3 Å². The summed E-state index contributed by atoms with van der Waals surface area (Å²) in [5.74, 6) is -0.0829. The number of rotatable bonds is 4. The number of aromatic nitrogens is 2. The van der Waals surface area contributed by atoms with Crippen LogP contribution in [0.1, 0.15) is 17.4 Å². The second kappa shape index (κ2) is 5.90. The Kier molecular flexibility index (Phi) is 3.57. The van der Waals surface area contributed by atoms with Gasteiger partial charge in [0.15, 0.2) is 17.4 Å². The predicted molar refractivity (Wildman–Crippen MR) is 94.5 cm³/mol. The quantitative estimate of drug-likeness (QED) is 0.588. The lowest BCUT2D eigenvalue weighted by Crippen LogP contribution is -2.21. The van der Waals surface area contributed by atoms with Crippen molar-refractivity contribution >= 4 is 33.9 Å². The van der Waals surface area contributed by atoms with Crippen molar-refractivity contribution < 1.29 is 14.3 Å². The first kappa shape index (κ1) is 15.1. The summed E-state index contributed by atoms with van der Waals surface area (Å²) in [6.07, 6.45) is 0. The molecule has 4 aromatic rings. The van der Waals surface area contributed by atoms with E-state index in [1.165, 1.54) is 0 Å². The van der Waals surface area contributed by atoms with Crippen LogP contribution in [0.25, 0.3) is 22.1 Å². The minimum Gasteiger partial charge on any atom is -0.479 e. The number of aryl methyl sites for hydroxylation is 1. The number of carboxylic acid groups (broad SMARTS) is 1. The largest absolute Gasteiger partial charge is 0.479 e. The average molecular weight is 333 g/mol. The van der Waals surface area contributed by atoms with Gasteiger partial charge in [-0.3, -0.25) is 0 Å². The minimum absolute atomic E-state index is 0.370. The summed E-state index contributed by atoms with van der Waals surface area (Å²) in [7, 11) is 0. The first-order chi connectivity index (χ1) is 12.1. The monoisotopic (exact) mass is 333 g/mol. The zero-order chi connectivity index (χ0) is 17.4. The van der Waals surface area contributed by atoms with E-state index < -0.39 is 12.0 Å². The van der Waals surface area contributed by atoms with Crippen LogP contribution in [-0.2, 0) is 4.79 Å². The molecule has 6 nitrogen and oxygen atoms in total. The molecule has 0 bridgehead atoms. The molecule has 0 saturated heterocycles. The van der Waals surface area contributed by atoms with Gasteiger partial charge in [0.25, 0.3) is 0 Å². The van der Waals surface area contributed by atoms with Crippen molar-refractivity contribution in [1.82, 2.24) is 9.97 Å². The van der Waals surface area contributed by atoms with Crippen LogP contribution in [0.5, 0.6) is 0 Å². The van der Waals surface area contributed by atoms with E-state index in [4.69, 9.17) is 4.42 Å². The fourth-order valence-electron chi connectivity index (χ4n) is 2.87. The SMILES string of the molecule is Cc1nc(N[C@@H](C(=O)O)c2ccccc2)c2oc3ccccc3c2n1. The van der Waals surface area contributed by atoms with Crippen LogP contribution < -0.4 is 5.32 Å². The summed E-state index contributed by atoms with van der Waals surface area (Å²) < 4.78 is 5.87. The van der Waals surface area contributed by atoms with Crippen LogP contribution >= 0.6 is 0 Å². The maximum absolute atomic E-state index is 11.8. The van der Waals surface area contributed by atoms with Crippen LogP contribution in [0.2, 0.25) is 0 Å². The summed E-state index contributed by atoms with van der Waals surface area (Å²) in [5, 5.41) is 13.5. The molecule has 0 radical (unpaired) electrons. The number of aliphatic carboxylic acids is 1. The van der Waals surface area contributed by atoms with Gasteiger partial charge in [0.1, 0.15) is 16.9 Å². The molecule has 1 atom stereocenters. The van der Waals surface area contributed by atoms with Gasteiger partial charge in [0.05, 0.1) is 0 Å². The Balaban J connectivity index is 1.87. The summed E-state index contributed by atoms with van der Waals surface area (Å²) >= 11 is 0. The van der Waals surface area contributed by atoms with Gasteiger partial charge in [-0.25, -0.2) is 14.8 Å². The van der Waals surface area contributed by atoms with Gasteiger partial charge in [-0.2, -0.15) is 0 Å². The summed E-state index contributed by atoms with van der Waals surface area (Å²) in [6, 6.07) is 15.6. The van der Waals surface area contributed by atoms with E-state index in [0.29, 0.717) is 33.9 Å². The lowest BCUT2D eigenvalue weighted by atomic mass is 10.1. The fraction of sp³-hybridized carbons (Fsp3) is 0.105. The first-order valence-corrected chi connectivity index (χ1v) is 7.83. The topological polar surface area (TPSA) is 88.2 Å². The number of hydrogen-bond donors (Lipinski definition) is 2. The summed E-state index contributed by atoms with van der Waals surface area (Å²) in [5.41, 5.74) is 2.44. The molecule has 2 heterocycles. The van der Waals surface area contributed by atoms with E-state index in [-0.39, 0.29) is 0 Å². The van der Waals surface area contributed by atoms with E-state index in [9.17, 15) is 9.90 Å². The highest BCUT2D eigenvalue weighted by Gasteiger charge is 2.23. The van der Waals surface area contributed by atoms with Gasteiger partial charge in [0.2, 0.25) is 0 Å². The van der Waals surface area contributed by atoms with Gasteiger partial charge in [-0.1, -0.05) is 42.5 Å². The number of nitrogens with one attached hydrogen (secondary N) is 1. The highest BCUT2D eigenvalue weighted by molar-refractivity contribution is 6.05. The van der Waals surface area contributed by atoms with Gasteiger partial charge in [0, 0.05) is 5.39 Å². The number of carbonyl (C=O) groups is 1. The standard InChI is InChI=1S/C19H15N3O3/c1-11-20-16-13-9-5-6-10-14(13)25-17(16)18(21-11)22-15(19(23)24)12-7-3-2-4-8-12/h2-10,15H,1H3,(H,23,24)(H,20,21,22)/t15-/m1/s1. The Morgan fingerprint density at radius 3 is 2.56 bits per heavy atom. The van der Waals surface area contributed by atoms with Gasteiger partial charge >= 0.3 is 5.97 Å². The number of furan rings is 1. The van der Waals surface area contributed by atoms with Crippen LogP contribution in [0.3, 0.4) is 0 Å². The molecule has 0 aliphatic heterocycles. The van der Waals surface area contributed by atoms with Gasteiger partial charge in [-0.15, -0.1) is 0 Å². The Labute approximate surface area is 143 Å². The molecule has 4 rings (SSSR count). The number of carboxylic acids is 1. The molecule has 0 aliphatic rings. The minimum atomic E-state index is -0.994. The van der Waals surface area contributed by atoms with E-state index >= 15 is 0 Å². The Morgan fingerprint density at radius 1 is 1.08 bits per heavy atom. The van der Waals surface area contributed by atoms with E-state index in [1.807, 2.05) is 30.3 Å². The molecular formula is C19H15N3O3. The molecule has 0 saturated carbocycles. The van der Waals surface area contributed by atoms with Crippen LogP contribution in [0.4, 0.5) is 5.82 Å². The Hall–Kier alpha value is -3.41. The highest BCUT2D eigenvalue weighted by Crippen LogP contribution is 2.32. The number of para-hydroxylation sites is 1. The van der Waals surface area contributed by atoms with E-state index in [0.717, 1.165) is 5.39 Å². The second-order valence-electron chi connectivity index (χ2n) is 5.72. The second-order valence-corrected chi connectivity index (χ2v) is 5.72. The molecule has 0 unspecified atom stereocenters. The number of hydrogen-bond acceptors (Lipinski definition) is 5. The van der Waals surface area contributed by atoms with Crippen LogP contribution in [0.15, 0.2) is 59.0 Å². The number of anilines is 1. The van der Waals surface area contributed by atoms with Crippen molar-refractivity contribution in [2.45, 2.75) is 13.0 Å². The van der Waals surface area contributed by atoms with Crippen molar-refractivity contribution in [2.24, 2.45) is 0 Å². The number of fused-ring (bicyclic) bond motifs is 3. The third-order valence-corrected chi connectivity index (χ3v) is 3.99. The van der Waals surface area contributed by atoms with Gasteiger partial charge < -0.3 is 14.8 Å². The van der Waals surface area contributed by atoms with Crippen molar-refractivity contribution in [3.63, 3.8) is 0 Å². The molecule has 0 aliphatic carbocycles. The third kappa shape index (κ3) is 2.67. The third-order valence-electron chi connectivity index (χ3n) is 3.99. The number of benzene rings is 2.